The van der Waals surface area contributed by atoms with Gasteiger partial charge in [0.05, 0.1) is 37.7 Å². The molecule has 1 N–H and O–H groups in total. The Labute approximate surface area is 151 Å². The smallest absolute Gasteiger partial charge is 0.227 e. The number of nitrogens with one attached hydrogen (secondary N) is 1. The number of methoxy groups -OCH3 is 1. The van der Waals surface area contributed by atoms with Crippen molar-refractivity contribution < 1.29 is 14.3 Å². The Morgan fingerprint density at radius 3 is 2.38 bits per heavy atom. The van der Waals surface area contributed by atoms with Gasteiger partial charge in [0, 0.05) is 5.69 Å². The molecule has 0 unspecified atom stereocenters. The van der Waals surface area contributed by atoms with Crippen molar-refractivity contribution in [3.8, 4) is 17.2 Å². The molecule has 0 aliphatic rings. The maximum atomic E-state index is 12.0. The van der Waals surface area contributed by atoms with E-state index in [2.05, 4.69) is 15.6 Å². The molecule has 0 saturated carbocycles. The summed E-state index contributed by atoms with van der Waals surface area (Å²) in [5.41, 5.74) is 2.55. The Balaban J connectivity index is 1.47. The predicted octanol–water partition coefficient (Wildman–Crippen LogP) is 2.99. The summed E-state index contributed by atoms with van der Waals surface area (Å²) in [6, 6.07) is 14.7. The normalized spacial score (nSPS) is 10.4. The molecule has 0 aliphatic heterocycles. The molecule has 134 valence electrons. The van der Waals surface area contributed by atoms with Crippen LogP contribution in [0.4, 0.5) is 5.69 Å². The number of hydrogen-bond acceptors (Lipinski definition) is 5. The summed E-state index contributed by atoms with van der Waals surface area (Å²) < 4.78 is 12.4. The van der Waals surface area contributed by atoms with Crippen LogP contribution in [0, 0.1) is 6.92 Å². The van der Waals surface area contributed by atoms with Gasteiger partial charge in [-0.1, -0.05) is 5.21 Å². The second kappa shape index (κ2) is 8.15. The van der Waals surface area contributed by atoms with Crippen molar-refractivity contribution in [2.75, 3.05) is 19.0 Å². The molecule has 1 amide bonds. The molecule has 1 aromatic heterocycles. The molecule has 0 spiro atoms. The van der Waals surface area contributed by atoms with Gasteiger partial charge in [0.25, 0.3) is 0 Å². The fourth-order valence-electron chi connectivity index (χ4n) is 2.38. The lowest BCUT2D eigenvalue weighted by molar-refractivity contribution is -0.116. The Kier molecular flexibility index (Phi) is 5.48. The lowest BCUT2D eigenvalue weighted by atomic mass is 10.2. The van der Waals surface area contributed by atoms with Crippen molar-refractivity contribution in [1.29, 1.82) is 0 Å². The first-order valence-electron chi connectivity index (χ1n) is 8.20. The van der Waals surface area contributed by atoms with Gasteiger partial charge in [-0.15, -0.1) is 5.10 Å². The van der Waals surface area contributed by atoms with Crippen LogP contribution >= 0.6 is 0 Å². The molecule has 0 atom stereocenters. The van der Waals surface area contributed by atoms with E-state index in [0.717, 1.165) is 22.8 Å². The molecule has 0 fully saturated rings. The molecule has 0 saturated heterocycles. The average Bonchev–Trinajstić information content (AvgIpc) is 3.09. The molecule has 0 radical (unpaired) electrons. The maximum absolute atomic E-state index is 12.0. The summed E-state index contributed by atoms with van der Waals surface area (Å²) in [6.45, 7) is 2.23. The van der Waals surface area contributed by atoms with Crippen molar-refractivity contribution in [3.63, 3.8) is 0 Å². The molecule has 1 heterocycles. The molecular weight excluding hydrogens is 332 g/mol. The van der Waals surface area contributed by atoms with Crippen LogP contribution in [0.1, 0.15) is 12.1 Å². The largest absolute Gasteiger partial charge is 0.497 e. The minimum Gasteiger partial charge on any atom is -0.497 e. The van der Waals surface area contributed by atoms with E-state index in [0.29, 0.717) is 12.4 Å². The fourth-order valence-corrected chi connectivity index (χ4v) is 2.38. The number of nitrogens with zero attached hydrogens (tertiary/aromatic N) is 3. The first kappa shape index (κ1) is 17.5. The summed E-state index contributed by atoms with van der Waals surface area (Å²) >= 11 is 0. The monoisotopic (exact) mass is 352 g/mol. The summed E-state index contributed by atoms with van der Waals surface area (Å²) in [6.07, 6.45) is 1.95. The number of aryl methyl sites for hydroxylation is 1. The standard InChI is InChI=1S/C19H20N4O3/c1-14-13-20-22-23(14)16-5-3-15(4-6-16)21-19(24)11-12-26-18-9-7-17(25-2)8-10-18/h3-10,13H,11-12H2,1-2H3,(H,21,24). The van der Waals surface area contributed by atoms with Crippen LogP contribution in [-0.2, 0) is 4.79 Å². The van der Waals surface area contributed by atoms with Crippen LogP contribution in [0.25, 0.3) is 5.69 Å². The van der Waals surface area contributed by atoms with Crippen LogP contribution in [-0.4, -0.2) is 34.6 Å². The van der Waals surface area contributed by atoms with Gasteiger partial charge in [-0.2, -0.15) is 0 Å². The first-order chi connectivity index (χ1) is 12.7. The zero-order chi connectivity index (χ0) is 18.4. The lowest BCUT2D eigenvalue weighted by Gasteiger charge is -2.09. The fraction of sp³-hybridized carbons (Fsp3) is 0.211. The summed E-state index contributed by atoms with van der Waals surface area (Å²) in [5.74, 6) is 1.36. The Morgan fingerprint density at radius 1 is 1.08 bits per heavy atom. The summed E-state index contributed by atoms with van der Waals surface area (Å²) in [5, 5.41) is 10.7. The number of ether oxygens (including phenoxy) is 2. The van der Waals surface area contributed by atoms with Crippen LogP contribution < -0.4 is 14.8 Å². The molecule has 2 aromatic carbocycles. The van der Waals surface area contributed by atoms with Crippen LogP contribution in [0.5, 0.6) is 11.5 Å². The topological polar surface area (TPSA) is 78.3 Å². The highest BCUT2D eigenvalue weighted by Crippen LogP contribution is 2.17. The number of rotatable bonds is 7. The SMILES string of the molecule is COc1ccc(OCCC(=O)Nc2ccc(-n3nncc3C)cc2)cc1. The van der Waals surface area contributed by atoms with Gasteiger partial charge in [0.1, 0.15) is 11.5 Å². The van der Waals surface area contributed by atoms with E-state index in [9.17, 15) is 4.79 Å². The summed E-state index contributed by atoms with van der Waals surface area (Å²) in [7, 11) is 1.61. The number of anilines is 1. The highest BCUT2D eigenvalue weighted by molar-refractivity contribution is 5.90. The zero-order valence-corrected chi connectivity index (χ0v) is 14.7. The average molecular weight is 352 g/mol. The van der Waals surface area contributed by atoms with Gasteiger partial charge in [0.2, 0.25) is 5.91 Å². The van der Waals surface area contributed by atoms with Gasteiger partial charge >= 0.3 is 0 Å². The van der Waals surface area contributed by atoms with E-state index in [4.69, 9.17) is 9.47 Å². The van der Waals surface area contributed by atoms with E-state index in [-0.39, 0.29) is 12.3 Å². The van der Waals surface area contributed by atoms with Crippen molar-refractivity contribution in [3.05, 3.63) is 60.4 Å². The van der Waals surface area contributed by atoms with E-state index >= 15 is 0 Å². The lowest BCUT2D eigenvalue weighted by Crippen LogP contribution is -2.15. The molecule has 3 rings (SSSR count). The summed E-state index contributed by atoms with van der Waals surface area (Å²) in [4.78, 5) is 12.0. The van der Waals surface area contributed by atoms with Crippen LogP contribution in [0.15, 0.2) is 54.7 Å². The van der Waals surface area contributed by atoms with Crippen molar-refractivity contribution in [1.82, 2.24) is 15.0 Å². The van der Waals surface area contributed by atoms with E-state index in [1.165, 1.54) is 0 Å². The Morgan fingerprint density at radius 2 is 1.77 bits per heavy atom. The highest BCUT2D eigenvalue weighted by atomic mass is 16.5. The number of benzene rings is 2. The first-order valence-corrected chi connectivity index (χ1v) is 8.20. The molecule has 3 aromatic rings. The third-order valence-corrected chi connectivity index (χ3v) is 3.77. The zero-order valence-electron chi connectivity index (χ0n) is 14.7. The van der Waals surface area contributed by atoms with Gasteiger partial charge < -0.3 is 14.8 Å². The third-order valence-electron chi connectivity index (χ3n) is 3.77. The van der Waals surface area contributed by atoms with E-state index < -0.39 is 0 Å². The predicted molar refractivity (Wildman–Crippen MR) is 97.8 cm³/mol. The van der Waals surface area contributed by atoms with Crippen LogP contribution in [0.2, 0.25) is 0 Å². The Hall–Kier alpha value is -3.35. The molecule has 7 heteroatoms. The van der Waals surface area contributed by atoms with Gasteiger partial charge in [-0.3, -0.25) is 4.79 Å². The van der Waals surface area contributed by atoms with Crippen LogP contribution in [0.3, 0.4) is 0 Å². The van der Waals surface area contributed by atoms with Gasteiger partial charge in [0.15, 0.2) is 0 Å². The second-order valence-electron chi connectivity index (χ2n) is 5.66. The maximum Gasteiger partial charge on any atom is 0.227 e. The van der Waals surface area contributed by atoms with Crippen molar-refractivity contribution in [2.24, 2.45) is 0 Å². The van der Waals surface area contributed by atoms with Gasteiger partial charge in [-0.05, 0) is 55.5 Å². The van der Waals surface area contributed by atoms with Crippen molar-refractivity contribution in [2.45, 2.75) is 13.3 Å². The van der Waals surface area contributed by atoms with Gasteiger partial charge in [-0.25, -0.2) is 4.68 Å². The Bertz CT molecular complexity index is 857. The van der Waals surface area contributed by atoms with E-state index in [1.807, 2.05) is 55.5 Å². The third kappa shape index (κ3) is 4.38. The highest BCUT2D eigenvalue weighted by Gasteiger charge is 2.05. The molecular formula is C19H20N4O3. The second-order valence-corrected chi connectivity index (χ2v) is 5.66. The minimum atomic E-state index is -0.108. The minimum absolute atomic E-state index is 0.108. The number of carbonyl (C=O) groups is 1. The molecule has 0 aliphatic carbocycles. The van der Waals surface area contributed by atoms with Crippen molar-refractivity contribution >= 4 is 11.6 Å². The number of carbonyl (C=O) groups excluding carboxylic acids is 1. The molecule has 0 bridgehead atoms. The number of amides is 1. The molecule has 26 heavy (non-hydrogen) atoms. The van der Waals surface area contributed by atoms with E-state index in [1.54, 1.807) is 18.0 Å². The number of hydrogen-bond donors (Lipinski definition) is 1. The quantitative estimate of drug-likeness (QED) is 0.707. The number of aromatic nitrogens is 3. The molecule has 7 nitrogen and oxygen atoms in total.